The van der Waals surface area contributed by atoms with Crippen LogP contribution in [0.3, 0.4) is 0 Å². The average molecular weight is 278 g/mol. The summed E-state index contributed by atoms with van der Waals surface area (Å²) in [7, 11) is 0. The summed E-state index contributed by atoms with van der Waals surface area (Å²) in [5.41, 5.74) is 0.948. The van der Waals surface area contributed by atoms with Crippen molar-refractivity contribution in [3.8, 4) is 0 Å². The summed E-state index contributed by atoms with van der Waals surface area (Å²) in [5.74, 6) is -0.163. The zero-order chi connectivity index (χ0) is 12.8. The minimum atomic E-state index is -0.935. The smallest absolute Gasteiger partial charge is 0.328 e. The Kier molecular flexibility index (Phi) is 4.49. The molecular weight excluding hydrogens is 268 g/mol. The molecule has 1 N–H and O–H groups in total. The highest BCUT2D eigenvalue weighted by atomic mass is 32.2. The Bertz CT molecular complexity index is 552. The molecule has 2 heterocycles. The normalized spacial score (nSPS) is 10.9. The lowest BCUT2D eigenvalue weighted by atomic mass is 10.2. The van der Waals surface area contributed by atoms with Gasteiger partial charge in [-0.3, -0.25) is 0 Å². The molecule has 92 valence electrons. The Labute approximate surface area is 112 Å². The molecule has 0 saturated carbocycles. The molecule has 6 heteroatoms. The average Bonchev–Trinajstić information content (AvgIpc) is 2.82. The van der Waals surface area contributed by atoms with Gasteiger partial charge in [-0.2, -0.15) is 0 Å². The molecule has 0 spiro atoms. The quantitative estimate of drug-likeness (QED) is 0.517. The first-order valence-electron chi connectivity index (χ1n) is 5.12. The van der Waals surface area contributed by atoms with Crippen LogP contribution in [0.25, 0.3) is 6.08 Å². The van der Waals surface area contributed by atoms with Crippen molar-refractivity contribution in [2.24, 2.45) is 0 Å². The lowest BCUT2D eigenvalue weighted by molar-refractivity contribution is -0.131. The van der Waals surface area contributed by atoms with Crippen molar-refractivity contribution < 1.29 is 9.90 Å². The van der Waals surface area contributed by atoms with Gasteiger partial charge in [-0.05, 0) is 29.2 Å². The minimum Gasteiger partial charge on any atom is -0.478 e. The highest BCUT2D eigenvalue weighted by Gasteiger charge is 2.03. The number of rotatable bonds is 5. The van der Waals surface area contributed by atoms with Gasteiger partial charge >= 0.3 is 5.97 Å². The van der Waals surface area contributed by atoms with E-state index in [0.29, 0.717) is 0 Å². The number of aromatic nitrogens is 2. The molecule has 0 aromatic carbocycles. The summed E-state index contributed by atoms with van der Waals surface area (Å²) in [6.45, 7) is 0. The fourth-order valence-electron chi connectivity index (χ4n) is 1.28. The second kappa shape index (κ2) is 6.32. The molecule has 0 saturated heterocycles. The third-order valence-electron chi connectivity index (χ3n) is 2.09. The fraction of sp³-hybridized carbons (Fsp3) is 0.0833. The van der Waals surface area contributed by atoms with Gasteiger partial charge in [-0.1, -0.05) is 0 Å². The molecule has 0 aliphatic heterocycles. The Balaban J connectivity index is 2.02. The molecule has 0 bridgehead atoms. The first-order valence-corrected chi connectivity index (χ1v) is 6.98. The lowest BCUT2D eigenvalue weighted by Gasteiger charge is -1.99. The molecule has 0 atom stereocenters. The maximum absolute atomic E-state index is 10.5. The van der Waals surface area contributed by atoms with Gasteiger partial charge in [0.2, 0.25) is 0 Å². The van der Waals surface area contributed by atoms with E-state index in [0.717, 1.165) is 27.3 Å². The number of thiophene rings is 1. The van der Waals surface area contributed by atoms with E-state index in [-0.39, 0.29) is 0 Å². The Morgan fingerprint density at radius 3 is 3.11 bits per heavy atom. The molecule has 0 unspecified atom stereocenters. The van der Waals surface area contributed by atoms with E-state index in [4.69, 9.17) is 5.11 Å². The van der Waals surface area contributed by atoms with Crippen LogP contribution < -0.4 is 0 Å². The van der Waals surface area contributed by atoms with Crippen LogP contribution in [0.4, 0.5) is 0 Å². The van der Waals surface area contributed by atoms with E-state index in [1.807, 2.05) is 17.5 Å². The second-order valence-corrected chi connectivity index (χ2v) is 5.30. The van der Waals surface area contributed by atoms with Crippen LogP contribution in [0, 0.1) is 0 Å². The predicted molar refractivity (Wildman–Crippen MR) is 72.6 cm³/mol. The number of aliphatic carboxylic acids is 1. The van der Waals surface area contributed by atoms with Crippen molar-refractivity contribution in [3.05, 3.63) is 46.6 Å². The molecule has 0 radical (unpaired) electrons. The van der Waals surface area contributed by atoms with Crippen LogP contribution in [0.2, 0.25) is 0 Å². The topological polar surface area (TPSA) is 63.1 Å². The summed E-state index contributed by atoms with van der Waals surface area (Å²) < 4.78 is 0. The summed E-state index contributed by atoms with van der Waals surface area (Å²) in [6.07, 6.45) is 5.99. The summed E-state index contributed by atoms with van der Waals surface area (Å²) >= 11 is 3.22. The number of hydrogen-bond donors (Lipinski definition) is 1. The van der Waals surface area contributed by atoms with Crippen LogP contribution >= 0.6 is 23.1 Å². The van der Waals surface area contributed by atoms with Crippen LogP contribution in [-0.4, -0.2) is 21.0 Å². The minimum absolute atomic E-state index is 0.772. The van der Waals surface area contributed by atoms with E-state index in [9.17, 15) is 4.79 Å². The number of nitrogens with zero attached hydrogens (tertiary/aromatic N) is 2. The zero-order valence-electron chi connectivity index (χ0n) is 9.31. The highest BCUT2D eigenvalue weighted by molar-refractivity contribution is 7.98. The van der Waals surface area contributed by atoms with Crippen LogP contribution in [-0.2, 0) is 10.5 Å². The van der Waals surface area contributed by atoms with Crippen molar-refractivity contribution in [1.82, 2.24) is 9.97 Å². The van der Waals surface area contributed by atoms with E-state index >= 15 is 0 Å². The van der Waals surface area contributed by atoms with Crippen molar-refractivity contribution >= 4 is 35.1 Å². The zero-order valence-corrected chi connectivity index (χ0v) is 10.9. The largest absolute Gasteiger partial charge is 0.478 e. The van der Waals surface area contributed by atoms with Crippen molar-refractivity contribution in [2.75, 3.05) is 0 Å². The molecule has 2 aromatic rings. The van der Waals surface area contributed by atoms with Gasteiger partial charge in [-0.25, -0.2) is 14.8 Å². The van der Waals surface area contributed by atoms with E-state index < -0.39 is 5.97 Å². The summed E-state index contributed by atoms with van der Waals surface area (Å²) in [6, 6.07) is 3.77. The van der Waals surface area contributed by atoms with Gasteiger partial charge in [0, 0.05) is 22.9 Å². The van der Waals surface area contributed by atoms with E-state index in [2.05, 4.69) is 9.97 Å². The molecule has 0 aliphatic carbocycles. The Hall–Kier alpha value is -1.66. The monoisotopic (exact) mass is 278 g/mol. The molecule has 2 rings (SSSR count). The van der Waals surface area contributed by atoms with Crippen molar-refractivity contribution in [3.63, 3.8) is 0 Å². The Morgan fingerprint density at radius 1 is 1.50 bits per heavy atom. The van der Waals surface area contributed by atoms with Gasteiger partial charge in [-0.15, -0.1) is 23.1 Å². The molecular formula is C12H10N2O2S2. The number of carbonyl (C=O) groups is 1. The number of thioether (sulfide) groups is 1. The molecule has 0 amide bonds. The maximum Gasteiger partial charge on any atom is 0.328 e. The van der Waals surface area contributed by atoms with E-state index in [1.165, 1.54) is 6.33 Å². The number of carboxylic acid groups (broad SMARTS) is 1. The second-order valence-electron chi connectivity index (χ2n) is 3.31. The standard InChI is InChI=1S/C12H10N2O2S2/c15-12(16)2-1-9-4-6-17-10(9)7-18-11-3-5-13-8-14-11/h1-6,8H,7H2,(H,15,16)/b2-1+. The molecule has 0 fully saturated rings. The number of carboxylic acids is 1. The van der Waals surface area contributed by atoms with E-state index in [1.54, 1.807) is 35.4 Å². The summed E-state index contributed by atoms with van der Waals surface area (Å²) in [5, 5.41) is 11.5. The molecule has 2 aromatic heterocycles. The van der Waals surface area contributed by atoms with Gasteiger partial charge < -0.3 is 5.11 Å². The first-order chi connectivity index (χ1) is 8.75. The molecule has 18 heavy (non-hydrogen) atoms. The molecule has 0 aliphatic rings. The van der Waals surface area contributed by atoms with Gasteiger partial charge in [0.25, 0.3) is 0 Å². The third-order valence-corrected chi connectivity index (χ3v) is 4.18. The fourth-order valence-corrected chi connectivity index (χ4v) is 3.11. The van der Waals surface area contributed by atoms with Crippen LogP contribution in [0.1, 0.15) is 10.4 Å². The van der Waals surface area contributed by atoms with Crippen LogP contribution in [0.5, 0.6) is 0 Å². The lowest BCUT2D eigenvalue weighted by Crippen LogP contribution is -1.86. The molecule has 4 nitrogen and oxygen atoms in total. The number of hydrogen-bond acceptors (Lipinski definition) is 5. The SMILES string of the molecule is O=C(O)/C=C/c1ccsc1CSc1ccncn1. The third kappa shape index (κ3) is 3.68. The first kappa shape index (κ1) is 12.8. The summed E-state index contributed by atoms with van der Waals surface area (Å²) in [4.78, 5) is 19.6. The van der Waals surface area contributed by atoms with Crippen molar-refractivity contribution in [2.45, 2.75) is 10.8 Å². The predicted octanol–water partition coefficient (Wildman–Crippen LogP) is 2.93. The maximum atomic E-state index is 10.5. The van der Waals surface area contributed by atoms with Gasteiger partial charge in [0.05, 0.1) is 5.03 Å². The Morgan fingerprint density at radius 2 is 2.39 bits per heavy atom. The van der Waals surface area contributed by atoms with Gasteiger partial charge in [0.15, 0.2) is 0 Å². The highest BCUT2D eigenvalue weighted by Crippen LogP contribution is 2.27. The van der Waals surface area contributed by atoms with Crippen LogP contribution in [0.15, 0.2) is 41.1 Å². The van der Waals surface area contributed by atoms with Gasteiger partial charge in [0.1, 0.15) is 6.33 Å². The van der Waals surface area contributed by atoms with Crippen molar-refractivity contribution in [1.29, 1.82) is 0 Å².